The first-order chi connectivity index (χ1) is 14.0. The van der Waals surface area contributed by atoms with Gasteiger partial charge in [-0.05, 0) is 67.5 Å². The van der Waals surface area contributed by atoms with Gasteiger partial charge in [0.1, 0.15) is 0 Å². The Kier molecular flexibility index (Phi) is 11.4. The summed E-state index contributed by atoms with van der Waals surface area (Å²) in [7, 11) is 1.87. The smallest absolute Gasteiger partial charge is 0.161 e. The molecule has 0 fully saturated rings. The second kappa shape index (κ2) is 13.5. The minimum atomic E-state index is 0.0698. The molecule has 2 nitrogen and oxygen atoms in total. The third-order valence-corrected chi connectivity index (χ3v) is 4.79. The van der Waals surface area contributed by atoms with Crippen molar-refractivity contribution in [3.8, 4) is 0 Å². The molecule has 0 saturated heterocycles. The van der Waals surface area contributed by atoms with E-state index >= 15 is 0 Å². The van der Waals surface area contributed by atoms with Crippen LogP contribution in [0.2, 0.25) is 0 Å². The molecular formula is C27H37NO. The molecule has 1 rings (SSSR count). The van der Waals surface area contributed by atoms with Crippen LogP contribution in [0.3, 0.4) is 0 Å². The Morgan fingerprint density at radius 2 is 1.76 bits per heavy atom. The molecule has 29 heavy (non-hydrogen) atoms. The lowest BCUT2D eigenvalue weighted by molar-refractivity contribution is -0.113. The van der Waals surface area contributed by atoms with Gasteiger partial charge in [-0.2, -0.15) is 0 Å². The van der Waals surface area contributed by atoms with E-state index in [9.17, 15) is 4.79 Å². The number of carbonyl (C=O) groups is 1. The van der Waals surface area contributed by atoms with Crippen molar-refractivity contribution in [3.05, 3.63) is 89.2 Å². The molecule has 1 N–H and O–H groups in total. The van der Waals surface area contributed by atoms with Gasteiger partial charge in [0.05, 0.1) is 0 Å². The summed E-state index contributed by atoms with van der Waals surface area (Å²) < 4.78 is 0. The van der Waals surface area contributed by atoms with Gasteiger partial charge in [0.2, 0.25) is 0 Å². The predicted octanol–water partition coefficient (Wildman–Crippen LogP) is 6.96. The Morgan fingerprint density at radius 3 is 2.28 bits per heavy atom. The van der Waals surface area contributed by atoms with Gasteiger partial charge < -0.3 is 5.32 Å². The number of ketones is 1. The summed E-state index contributed by atoms with van der Waals surface area (Å²) in [6.45, 7) is 12.2. The average molecular weight is 392 g/mol. The lowest BCUT2D eigenvalue weighted by Gasteiger charge is -2.09. The van der Waals surface area contributed by atoms with E-state index in [4.69, 9.17) is 0 Å². The van der Waals surface area contributed by atoms with E-state index in [0.717, 1.165) is 47.2 Å². The van der Waals surface area contributed by atoms with Gasteiger partial charge in [-0.25, -0.2) is 0 Å². The molecule has 0 saturated carbocycles. The van der Waals surface area contributed by atoms with E-state index in [1.165, 1.54) is 18.4 Å². The molecule has 156 valence electrons. The normalized spacial score (nSPS) is 13.1. The third-order valence-electron chi connectivity index (χ3n) is 4.79. The number of hydrogen-bond donors (Lipinski definition) is 1. The molecule has 0 aliphatic carbocycles. The maximum Gasteiger partial charge on any atom is 0.161 e. The van der Waals surface area contributed by atoms with Crippen molar-refractivity contribution < 1.29 is 4.79 Å². The summed E-state index contributed by atoms with van der Waals surface area (Å²) in [6.07, 6.45) is 15.4. The second-order valence-electron chi connectivity index (χ2n) is 7.25. The first-order valence-electron chi connectivity index (χ1n) is 10.7. The molecule has 0 aliphatic heterocycles. The number of benzene rings is 1. The largest absolute Gasteiger partial charge is 0.391 e. The highest BCUT2D eigenvalue weighted by Crippen LogP contribution is 2.19. The van der Waals surface area contributed by atoms with Crippen molar-refractivity contribution in [1.82, 2.24) is 5.32 Å². The maximum absolute atomic E-state index is 12.1. The molecule has 0 heterocycles. The van der Waals surface area contributed by atoms with Gasteiger partial charge >= 0.3 is 0 Å². The van der Waals surface area contributed by atoms with E-state index in [1.807, 2.05) is 38.3 Å². The van der Waals surface area contributed by atoms with Gasteiger partial charge in [-0.15, -0.1) is 0 Å². The number of nitrogens with one attached hydrogen (secondary N) is 1. The Hall–Kier alpha value is -2.61. The molecule has 0 spiro atoms. The van der Waals surface area contributed by atoms with Crippen LogP contribution in [-0.4, -0.2) is 12.8 Å². The van der Waals surface area contributed by atoms with E-state index in [-0.39, 0.29) is 5.78 Å². The molecule has 0 unspecified atom stereocenters. The van der Waals surface area contributed by atoms with Crippen LogP contribution < -0.4 is 5.32 Å². The highest BCUT2D eigenvalue weighted by molar-refractivity contribution is 5.97. The minimum Gasteiger partial charge on any atom is -0.391 e. The summed E-state index contributed by atoms with van der Waals surface area (Å²) in [4.78, 5) is 12.1. The van der Waals surface area contributed by atoms with Crippen LogP contribution in [0.15, 0.2) is 78.1 Å². The summed E-state index contributed by atoms with van der Waals surface area (Å²) >= 11 is 0. The van der Waals surface area contributed by atoms with Crippen molar-refractivity contribution in [2.75, 3.05) is 7.05 Å². The number of aryl methyl sites for hydroxylation is 1. The minimum absolute atomic E-state index is 0.0698. The first-order valence-corrected chi connectivity index (χ1v) is 10.7. The molecule has 2 heteroatoms. The van der Waals surface area contributed by atoms with Crippen LogP contribution >= 0.6 is 0 Å². The van der Waals surface area contributed by atoms with Crippen molar-refractivity contribution >= 4 is 11.4 Å². The van der Waals surface area contributed by atoms with Gasteiger partial charge in [0.15, 0.2) is 5.78 Å². The van der Waals surface area contributed by atoms with Gasteiger partial charge in [0.25, 0.3) is 0 Å². The van der Waals surface area contributed by atoms with Crippen LogP contribution in [0.1, 0.15) is 64.5 Å². The molecule has 0 bridgehead atoms. The predicted molar refractivity (Wildman–Crippen MR) is 128 cm³/mol. The zero-order valence-corrected chi connectivity index (χ0v) is 18.8. The molecule has 0 atom stereocenters. The van der Waals surface area contributed by atoms with Crippen molar-refractivity contribution in [1.29, 1.82) is 0 Å². The highest BCUT2D eigenvalue weighted by atomic mass is 16.1. The number of rotatable bonds is 12. The zero-order valence-electron chi connectivity index (χ0n) is 18.8. The van der Waals surface area contributed by atoms with Gasteiger partial charge in [0, 0.05) is 18.3 Å². The number of allylic oxidation sites excluding steroid dienone is 9. The fourth-order valence-electron chi connectivity index (χ4n) is 3.15. The number of hydrogen-bond acceptors (Lipinski definition) is 2. The topological polar surface area (TPSA) is 29.1 Å². The van der Waals surface area contributed by atoms with Crippen molar-refractivity contribution in [2.45, 2.75) is 59.8 Å². The molecule has 0 aromatic heterocycles. The monoisotopic (exact) mass is 391 g/mol. The number of Topliss-reactive ketones (excluding diaryl/α,β-unsaturated/α-hetero) is 1. The number of carbonyl (C=O) groups excluding carboxylic acids is 1. The Labute approximate surface area is 177 Å². The molecule has 0 amide bonds. The summed E-state index contributed by atoms with van der Waals surface area (Å²) in [5.41, 5.74) is 6.17. The maximum atomic E-state index is 12.1. The Bertz CT molecular complexity index is 788. The van der Waals surface area contributed by atoms with E-state index in [1.54, 1.807) is 6.92 Å². The second-order valence-corrected chi connectivity index (χ2v) is 7.25. The van der Waals surface area contributed by atoms with E-state index < -0.39 is 0 Å². The third kappa shape index (κ3) is 8.51. The molecule has 1 aromatic carbocycles. The standard InChI is InChI=1S/C27H37NO/c1-7-10-13-23-14-17-25(18-15-23)21(4)20-24(11-8-2)16-19-26(22(5)29)27(28-6)12-9-3/h8,11,14-20,28H,4,7,9-10,12-13H2,1-3,5-6H3/b11-8-,19-16+,24-20+,27-26+. The number of unbranched alkanes of at least 4 members (excludes halogenated alkanes) is 1. The van der Waals surface area contributed by atoms with Crippen molar-refractivity contribution in [3.63, 3.8) is 0 Å². The van der Waals surface area contributed by atoms with Crippen LogP contribution in [0.5, 0.6) is 0 Å². The summed E-state index contributed by atoms with van der Waals surface area (Å²) in [6, 6.07) is 8.66. The van der Waals surface area contributed by atoms with E-state index in [2.05, 4.69) is 56.1 Å². The van der Waals surface area contributed by atoms with Crippen LogP contribution in [0.4, 0.5) is 0 Å². The SMILES string of the molecule is C=C(/C=C(\C=C/C)/C=C/C(C(C)=O)=C(/CCC)NC)c1ccc(CCCC)cc1. The average Bonchev–Trinajstić information content (AvgIpc) is 2.71. The summed E-state index contributed by atoms with van der Waals surface area (Å²) in [5.74, 6) is 0.0698. The van der Waals surface area contributed by atoms with Crippen molar-refractivity contribution in [2.24, 2.45) is 0 Å². The van der Waals surface area contributed by atoms with E-state index in [0.29, 0.717) is 0 Å². The molecule has 0 radical (unpaired) electrons. The fraction of sp³-hybridized carbons (Fsp3) is 0.370. The zero-order chi connectivity index (χ0) is 21.6. The molecular weight excluding hydrogens is 354 g/mol. The first kappa shape index (κ1) is 24.4. The molecule has 1 aromatic rings. The highest BCUT2D eigenvalue weighted by Gasteiger charge is 2.07. The van der Waals surface area contributed by atoms with Gasteiger partial charge in [-0.1, -0.05) is 75.8 Å². The lowest BCUT2D eigenvalue weighted by atomic mass is 10.00. The summed E-state index contributed by atoms with van der Waals surface area (Å²) in [5, 5.41) is 3.18. The Balaban J connectivity index is 3.11. The lowest BCUT2D eigenvalue weighted by Crippen LogP contribution is -2.12. The fourth-order valence-corrected chi connectivity index (χ4v) is 3.15. The Morgan fingerprint density at radius 1 is 1.07 bits per heavy atom. The quantitative estimate of drug-likeness (QED) is 0.308. The van der Waals surface area contributed by atoms with Crippen LogP contribution in [-0.2, 0) is 11.2 Å². The van der Waals surface area contributed by atoms with Gasteiger partial charge in [-0.3, -0.25) is 4.79 Å². The molecule has 0 aliphatic rings. The van der Waals surface area contributed by atoms with Crippen LogP contribution in [0, 0.1) is 0 Å². The van der Waals surface area contributed by atoms with Crippen LogP contribution in [0.25, 0.3) is 5.57 Å².